The lowest BCUT2D eigenvalue weighted by molar-refractivity contribution is 0.169. The first-order valence-electron chi connectivity index (χ1n) is 6.07. The van der Waals surface area contributed by atoms with Gasteiger partial charge in [-0.1, -0.05) is 6.92 Å². The average molecular weight is 238 g/mol. The number of aliphatic hydroxyl groups excluding tert-OH is 2. The lowest BCUT2D eigenvalue weighted by atomic mass is 10.2. The summed E-state index contributed by atoms with van der Waals surface area (Å²) in [6.45, 7) is 4.50. The third kappa shape index (κ3) is 4.32. The van der Waals surface area contributed by atoms with Crippen LogP contribution >= 0.6 is 0 Å². The zero-order valence-corrected chi connectivity index (χ0v) is 10.8. The van der Waals surface area contributed by atoms with Crippen LogP contribution in [0.3, 0.4) is 0 Å². The molecule has 17 heavy (non-hydrogen) atoms. The number of aromatic nitrogens is 1. The lowest BCUT2D eigenvalue weighted by Gasteiger charge is -2.20. The van der Waals surface area contributed by atoms with E-state index in [0.717, 1.165) is 18.7 Å². The number of aliphatic hydroxyl groups is 2. The summed E-state index contributed by atoms with van der Waals surface area (Å²) in [7, 11) is 1.97. The first kappa shape index (κ1) is 13.9. The summed E-state index contributed by atoms with van der Waals surface area (Å²) in [5.41, 5.74) is 1.71. The van der Waals surface area contributed by atoms with Gasteiger partial charge in [0, 0.05) is 13.6 Å². The molecule has 1 aromatic rings. The van der Waals surface area contributed by atoms with Crippen LogP contribution < -0.4 is 4.90 Å². The Labute approximate surface area is 103 Å². The maximum absolute atomic E-state index is 9.63. The molecule has 1 heterocycles. The zero-order valence-electron chi connectivity index (χ0n) is 10.8. The van der Waals surface area contributed by atoms with Crippen molar-refractivity contribution in [2.45, 2.75) is 38.9 Å². The van der Waals surface area contributed by atoms with Crippen LogP contribution in [-0.2, 0) is 0 Å². The van der Waals surface area contributed by atoms with Crippen LogP contribution in [0.5, 0.6) is 0 Å². The second-order valence-corrected chi connectivity index (χ2v) is 4.42. The first-order chi connectivity index (χ1) is 8.04. The Morgan fingerprint density at radius 1 is 1.35 bits per heavy atom. The molecule has 0 aliphatic heterocycles. The van der Waals surface area contributed by atoms with Crippen molar-refractivity contribution in [3.05, 3.63) is 24.0 Å². The topological polar surface area (TPSA) is 56.6 Å². The van der Waals surface area contributed by atoms with E-state index in [1.165, 1.54) is 0 Å². The lowest BCUT2D eigenvalue weighted by Crippen LogP contribution is -2.22. The van der Waals surface area contributed by atoms with Crippen molar-refractivity contribution in [2.24, 2.45) is 0 Å². The van der Waals surface area contributed by atoms with E-state index in [9.17, 15) is 10.2 Å². The van der Waals surface area contributed by atoms with Gasteiger partial charge >= 0.3 is 0 Å². The van der Waals surface area contributed by atoms with Crippen LogP contribution in [0.1, 0.15) is 38.5 Å². The number of anilines is 1. The molecule has 0 saturated carbocycles. The quantitative estimate of drug-likeness (QED) is 0.792. The summed E-state index contributed by atoms with van der Waals surface area (Å²) in [5.74, 6) is 0. The second kappa shape index (κ2) is 6.57. The Bertz CT molecular complexity index is 325. The predicted octanol–water partition coefficient (Wildman–Crippen LogP) is 1.73. The summed E-state index contributed by atoms with van der Waals surface area (Å²) in [6.07, 6.45) is 2.40. The average Bonchev–Trinajstić information content (AvgIpc) is 2.35. The molecule has 1 rings (SSSR count). The molecule has 0 bridgehead atoms. The van der Waals surface area contributed by atoms with Gasteiger partial charge < -0.3 is 15.1 Å². The molecule has 2 atom stereocenters. The molecule has 0 aliphatic rings. The molecule has 0 aliphatic carbocycles. The number of hydrogen-bond donors (Lipinski definition) is 2. The Morgan fingerprint density at radius 3 is 2.53 bits per heavy atom. The smallest absolute Gasteiger partial charge is 0.0957 e. The van der Waals surface area contributed by atoms with Gasteiger partial charge in [-0.2, -0.15) is 0 Å². The van der Waals surface area contributed by atoms with Gasteiger partial charge in [-0.3, -0.25) is 4.98 Å². The molecule has 1 unspecified atom stereocenters. The van der Waals surface area contributed by atoms with Gasteiger partial charge in [0.1, 0.15) is 0 Å². The van der Waals surface area contributed by atoms with Crippen LogP contribution in [0.2, 0.25) is 0 Å². The Kier molecular flexibility index (Phi) is 5.38. The Hall–Kier alpha value is -1.13. The SMILES string of the molecule is CC[C@@H](O)c1ccc(N(C)CCC(C)O)cn1. The van der Waals surface area contributed by atoms with Crippen molar-refractivity contribution in [1.82, 2.24) is 4.98 Å². The van der Waals surface area contributed by atoms with E-state index < -0.39 is 6.10 Å². The van der Waals surface area contributed by atoms with Gasteiger partial charge in [-0.05, 0) is 31.9 Å². The molecule has 0 fully saturated rings. The van der Waals surface area contributed by atoms with Crippen LogP contribution in [0.25, 0.3) is 0 Å². The monoisotopic (exact) mass is 238 g/mol. The molecule has 4 heteroatoms. The summed E-state index contributed by atoms with van der Waals surface area (Å²) >= 11 is 0. The van der Waals surface area contributed by atoms with Gasteiger partial charge in [-0.25, -0.2) is 0 Å². The minimum absolute atomic E-state index is 0.286. The molecular weight excluding hydrogens is 216 g/mol. The van der Waals surface area contributed by atoms with Gasteiger partial charge in [0.2, 0.25) is 0 Å². The summed E-state index contributed by atoms with van der Waals surface area (Å²) in [4.78, 5) is 6.29. The zero-order chi connectivity index (χ0) is 12.8. The maximum Gasteiger partial charge on any atom is 0.0957 e. The van der Waals surface area contributed by atoms with Crippen molar-refractivity contribution >= 4 is 5.69 Å². The van der Waals surface area contributed by atoms with E-state index in [1.807, 2.05) is 31.0 Å². The van der Waals surface area contributed by atoms with E-state index in [4.69, 9.17) is 0 Å². The number of rotatable bonds is 6. The van der Waals surface area contributed by atoms with E-state index >= 15 is 0 Å². The highest BCUT2D eigenvalue weighted by atomic mass is 16.3. The minimum Gasteiger partial charge on any atom is -0.393 e. The summed E-state index contributed by atoms with van der Waals surface area (Å²) in [6, 6.07) is 3.80. The summed E-state index contributed by atoms with van der Waals surface area (Å²) < 4.78 is 0. The molecule has 2 N–H and O–H groups in total. The fraction of sp³-hybridized carbons (Fsp3) is 0.615. The molecule has 0 saturated heterocycles. The van der Waals surface area contributed by atoms with E-state index in [1.54, 1.807) is 13.1 Å². The van der Waals surface area contributed by atoms with E-state index in [2.05, 4.69) is 4.98 Å². The fourth-order valence-electron chi connectivity index (χ4n) is 1.54. The van der Waals surface area contributed by atoms with Crippen molar-refractivity contribution in [3.63, 3.8) is 0 Å². The highest BCUT2D eigenvalue weighted by Gasteiger charge is 2.08. The van der Waals surface area contributed by atoms with Crippen LogP contribution in [0, 0.1) is 0 Å². The van der Waals surface area contributed by atoms with Crippen molar-refractivity contribution in [2.75, 3.05) is 18.5 Å². The molecule has 0 amide bonds. The predicted molar refractivity (Wildman–Crippen MR) is 69.1 cm³/mol. The van der Waals surface area contributed by atoms with Gasteiger partial charge in [-0.15, -0.1) is 0 Å². The fourth-order valence-corrected chi connectivity index (χ4v) is 1.54. The minimum atomic E-state index is -0.480. The normalized spacial score (nSPS) is 14.4. The standard InChI is InChI=1S/C13H22N2O2/c1-4-13(17)12-6-5-11(9-14-12)15(3)8-7-10(2)16/h5-6,9-10,13,16-17H,4,7-8H2,1-3H3/t10?,13-/m1/s1. The molecule has 0 spiro atoms. The third-order valence-electron chi connectivity index (χ3n) is 2.82. The molecule has 1 aromatic heterocycles. The molecule has 4 nitrogen and oxygen atoms in total. The van der Waals surface area contributed by atoms with Crippen LogP contribution in [-0.4, -0.2) is 34.9 Å². The Morgan fingerprint density at radius 2 is 2.06 bits per heavy atom. The number of nitrogens with zero attached hydrogens (tertiary/aromatic N) is 2. The first-order valence-corrected chi connectivity index (χ1v) is 6.07. The second-order valence-electron chi connectivity index (χ2n) is 4.42. The molecular formula is C13H22N2O2. The highest BCUT2D eigenvalue weighted by Crippen LogP contribution is 2.17. The van der Waals surface area contributed by atoms with Crippen molar-refractivity contribution in [1.29, 1.82) is 0 Å². The summed E-state index contributed by atoms with van der Waals surface area (Å²) in [5, 5.41) is 18.8. The molecule has 96 valence electrons. The van der Waals surface area contributed by atoms with Gasteiger partial charge in [0.15, 0.2) is 0 Å². The highest BCUT2D eigenvalue weighted by molar-refractivity contribution is 5.43. The Balaban J connectivity index is 2.60. The van der Waals surface area contributed by atoms with Crippen LogP contribution in [0.15, 0.2) is 18.3 Å². The van der Waals surface area contributed by atoms with E-state index in [0.29, 0.717) is 12.1 Å². The number of pyridine rings is 1. The maximum atomic E-state index is 9.63. The largest absolute Gasteiger partial charge is 0.393 e. The molecule has 0 aromatic carbocycles. The van der Waals surface area contributed by atoms with Gasteiger partial charge in [0.05, 0.1) is 29.8 Å². The van der Waals surface area contributed by atoms with Crippen molar-refractivity contribution < 1.29 is 10.2 Å². The van der Waals surface area contributed by atoms with Crippen LogP contribution in [0.4, 0.5) is 5.69 Å². The van der Waals surface area contributed by atoms with Crippen molar-refractivity contribution in [3.8, 4) is 0 Å². The molecule has 0 radical (unpaired) electrons. The van der Waals surface area contributed by atoms with Gasteiger partial charge in [0.25, 0.3) is 0 Å². The number of hydrogen-bond acceptors (Lipinski definition) is 4. The third-order valence-corrected chi connectivity index (χ3v) is 2.82. The van der Waals surface area contributed by atoms with E-state index in [-0.39, 0.29) is 6.10 Å².